The van der Waals surface area contributed by atoms with Crippen molar-refractivity contribution < 1.29 is 24.2 Å². The molecule has 3 aromatic carbocycles. The Morgan fingerprint density at radius 1 is 1.03 bits per heavy atom. The molecule has 1 N–H and O–H groups in total. The van der Waals surface area contributed by atoms with Gasteiger partial charge in [0.2, 0.25) is 0 Å². The van der Waals surface area contributed by atoms with Crippen molar-refractivity contribution in [1.29, 1.82) is 0 Å². The predicted molar refractivity (Wildman–Crippen MR) is 142 cm³/mol. The Balaban J connectivity index is 1.72. The average Bonchev–Trinajstić information content (AvgIpc) is 2.93. The number of fused-ring (bicyclic) bond motifs is 2. The molecular weight excluding hydrogens is 464 g/mol. The van der Waals surface area contributed by atoms with Crippen LogP contribution in [0.15, 0.2) is 114 Å². The molecule has 3 aromatic rings. The van der Waals surface area contributed by atoms with Gasteiger partial charge >= 0.3 is 5.97 Å². The van der Waals surface area contributed by atoms with Crippen molar-refractivity contribution in [2.24, 2.45) is 0 Å². The number of ketones is 1. The molecule has 0 aromatic heterocycles. The third kappa shape index (κ3) is 4.60. The van der Waals surface area contributed by atoms with E-state index in [1.165, 1.54) is 6.08 Å². The standard InChI is InChI=1S/C32H28O5/c1-2-36-29(33)18-11-19-32(23-14-7-4-8-15-23)21-28-25(31(35)24-16-9-10-17-27(24)37-28)20-26(32)30(34)22-12-5-3-6-13-22/h3-18,20,28,34H,2,19,21H2,1H3/b18-11+,30-26-/t28-,32+/m0/s1. The van der Waals surface area contributed by atoms with Gasteiger partial charge < -0.3 is 14.6 Å². The number of aliphatic hydroxyl groups excluding tert-OH is 1. The number of hydrogen-bond donors (Lipinski definition) is 1. The summed E-state index contributed by atoms with van der Waals surface area (Å²) in [7, 11) is 0. The van der Waals surface area contributed by atoms with Crippen molar-refractivity contribution in [1.82, 2.24) is 0 Å². The first-order valence-corrected chi connectivity index (χ1v) is 12.4. The molecule has 186 valence electrons. The number of aliphatic hydroxyl groups is 1. The van der Waals surface area contributed by atoms with Crippen molar-refractivity contribution in [3.05, 3.63) is 131 Å². The molecule has 0 bridgehead atoms. The van der Waals surface area contributed by atoms with E-state index in [1.807, 2.05) is 78.9 Å². The summed E-state index contributed by atoms with van der Waals surface area (Å²) in [5, 5.41) is 11.7. The number of hydrogen-bond acceptors (Lipinski definition) is 5. The lowest BCUT2D eigenvalue weighted by atomic mass is 9.62. The number of esters is 1. The lowest BCUT2D eigenvalue weighted by molar-refractivity contribution is -0.137. The van der Waals surface area contributed by atoms with Crippen LogP contribution in [0.5, 0.6) is 5.75 Å². The first-order chi connectivity index (χ1) is 18.0. The number of Topliss-reactive ketones (excluding diaryl/α,β-unsaturated/α-hetero) is 1. The molecule has 5 heteroatoms. The fraction of sp³-hybridized carbons (Fsp3) is 0.188. The Morgan fingerprint density at radius 3 is 2.43 bits per heavy atom. The Labute approximate surface area is 216 Å². The number of rotatable bonds is 6. The van der Waals surface area contributed by atoms with Gasteiger partial charge in [-0.25, -0.2) is 4.79 Å². The van der Waals surface area contributed by atoms with Gasteiger partial charge in [-0.2, -0.15) is 0 Å². The van der Waals surface area contributed by atoms with Crippen LogP contribution in [0.4, 0.5) is 0 Å². The van der Waals surface area contributed by atoms with Gasteiger partial charge in [-0.15, -0.1) is 0 Å². The molecule has 2 atom stereocenters. The maximum Gasteiger partial charge on any atom is 0.330 e. The van der Waals surface area contributed by atoms with Crippen LogP contribution in [0.1, 0.15) is 41.3 Å². The van der Waals surface area contributed by atoms with Crippen LogP contribution in [0.2, 0.25) is 0 Å². The van der Waals surface area contributed by atoms with E-state index >= 15 is 0 Å². The van der Waals surface area contributed by atoms with E-state index in [0.717, 1.165) is 5.56 Å². The fourth-order valence-electron chi connectivity index (χ4n) is 5.24. The second kappa shape index (κ2) is 10.3. The third-order valence-electron chi connectivity index (χ3n) is 6.99. The van der Waals surface area contributed by atoms with Crippen molar-refractivity contribution in [2.75, 3.05) is 6.61 Å². The van der Waals surface area contributed by atoms with Gasteiger partial charge in [-0.05, 0) is 37.1 Å². The monoisotopic (exact) mass is 492 g/mol. The molecule has 5 rings (SSSR count). The summed E-state index contributed by atoms with van der Waals surface area (Å²) in [6, 6.07) is 26.4. The minimum absolute atomic E-state index is 0.0894. The van der Waals surface area contributed by atoms with Gasteiger partial charge in [0, 0.05) is 34.6 Å². The van der Waals surface area contributed by atoms with Crippen LogP contribution in [-0.4, -0.2) is 29.6 Å². The van der Waals surface area contributed by atoms with Crippen molar-refractivity contribution in [3.63, 3.8) is 0 Å². The zero-order valence-electron chi connectivity index (χ0n) is 20.6. The lowest BCUT2D eigenvalue weighted by Gasteiger charge is -2.44. The van der Waals surface area contributed by atoms with Crippen LogP contribution < -0.4 is 4.74 Å². The molecule has 0 fully saturated rings. The zero-order valence-corrected chi connectivity index (χ0v) is 20.6. The quantitative estimate of drug-likeness (QED) is 0.246. The first-order valence-electron chi connectivity index (χ1n) is 12.4. The highest BCUT2D eigenvalue weighted by molar-refractivity contribution is 6.13. The van der Waals surface area contributed by atoms with Crippen LogP contribution >= 0.6 is 0 Å². The minimum Gasteiger partial charge on any atom is -0.507 e. The summed E-state index contributed by atoms with van der Waals surface area (Å²) in [5.74, 6) is 0.118. The molecule has 0 radical (unpaired) electrons. The average molecular weight is 493 g/mol. The largest absolute Gasteiger partial charge is 0.507 e. The molecular formula is C32H28O5. The zero-order chi connectivity index (χ0) is 25.8. The highest BCUT2D eigenvalue weighted by Crippen LogP contribution is 2.50. The number of para-hydroxylation sites is 1. The van der Waals surface area contributed by atoms with Gasteiger partial charge in [0.1, 0.15) is 17.6 Å². The van der Waals surface area contributed by atoms with E-state index in [9.17, 15) is 14.7 Å². The number of allylic oxidation sites excluding steroid dienone is 3. The Kier molecular flexibility index (Phi) is 6.78. The van der Waals surface area contributed by atoms with Crippen LogP contribution in [0, 0.1) is 0 Å². The van der Waals surface area contributed by atoms with E-state index in [4.69, 9.17) is 9.47 Å². The molecule has 0 unspecified atom stereocenters. The Hall–Kier alpha value is -4.38. The molecule has 1 heterocycles. The normalized spacial score (nSPS) is 21.9. The maximum absolute atomic E-state index is 13.6. The van der Waals surface area contributed by atoms with Crippen molar-refractivity contribution in [2.45, 2.75) is 31.3 Å². The summed E-state index contributed by atoms with van der Waals surface area (Å²) in [4.78, 5) is 25.7. The van der Waals surface area contributed by atoms with E-state index in [-0.39, 0.29) is 18.1 Å². The fourth-order valence-corrected chi connectivity index (χ4v) is 5.24. The molecule has 2 aliphatic rings. The van der Waals surface area contributed by atoms with Crippen LogP contribution in [0.3, 0.4) is 0 Å². The summed E-state index contributed by atoms with van der Waals surface area (Å²) < 4.78 is 11.5. The Bertz CT molecular complexity index is 1400. The SMILES string of the molecule is CCOC(=O)/C=C/C[C@]1(c2ccccc2)C[C@@H]2Oc3ccccc3C(=O)C2=C/C1=C(/O)c1ccccc1. The van der Waals surface area contributed by atoms with Crippen LogP contribution in [-0.2, 0) is 14.9 Å². The van der Waals surface area contributed by atoms with Gasteiger partial charge in [-0.1, -0.05) is 78.9 Å². The van der Waals surface area contributed by atoms with Crippen molar-refractivity contribution in [3.8, 4) is 5.75 Å². The minimum atomic E-state index is -0.773. The van der Waals surface area contributed by atoms with Gasteiger partial charge in [0.15, 0.2) is 5.78 Å². The topological polar surface area (TPSA) is 72.8 Å². The summed E-state index contributed by atoms with van der Waals surface area (Å²) >= 11 is 0. The first kappa shape index (κ1) is 24.3. The molecule has 0 amide bonds. The van der Waals surface area contributed by atoms with E-state index in [0.29, 0.717) is 40.9 Å². The van der Waals surface area contributed by atoms with E-state index < -0.39 is 17.5 Å². The number of carbonyl (C=O) groups is 2. The second-order valence-corrected chi connectivity index (χ2v) is 9.17. The Morgan fingerprint density at radius 2 is 1.70 bits per heavy atom. The highest BCUT2D eigenvalue weighted by Gasteiger charge is 2.47. The molecule has 0 spiro atoms. The summed E-state index contributed by atoms with van der Waals surface area (Å²) in [5.41, 5.74) is 2.46. The van der Waals surface area contributed by atoms with Crippen LogP contribution in [0.25, 0.3) is 5.76 Å². The highest BCUT2D eigenvalue weighted by atomic mass is 16.5. The second-order valence-electron chi connectivity index (χ2n) is 9.17. The summed E-state index contributed by atoms with van der Waals surface area (Å²) in [6.45, 7) is 2.05. The molecule has 5 nitrogen and oxygen atoms in total. The maximum atomic E-state index is 13.6. The van der Waals surface area contributed by atoms with E-state index in [2.05, 4.69) is 0 Å². The predicted octanol–water partition coefficient (Wildman–Crippen LogP) is 6.38. The molecule has 1 aliphatic carbocycles. The number of ether oxygens (including phenoxy) is 2. The smallest absolute Gasteiger partial charge is 0.330 e. The van der Waals surface area contributed by atoms with Gasteiger partial charge in [0.05, 0.1) is 12.2 Å². The lowest BCUT2D eigenvalue weighted by Crippen LogP contribution is -2.43. The molecule has 37 heavy (non-hydrogen) atoms. The molecule has 1 aliphatic heterocycles. The third-order valence-corrected chi connectivity index (χ3v) is 6.99. The van der Waals surface area contributed by atoms with Gasteiger partial charge in [0.25, 0.3) is 0 Å². The summed E-state index contributed by atoms with van der Waals surface area (Å²) in [6.07, 6.45) is 5.28. The van der Waals surface area contributed by atoms with Gasteiger partial charge in [-0.3, -0.25) is 4.79 Å². The molecule has 0 saturated carbocycles. The number of benzene rings is 3. The number of carbonyl (C=O) groups excluding carboxylic acids is 2. The van der Waals surface area contributed by atoms with Crippen molar-refractivity contribution >= 4 is 17.5 Å². The molecule has 0 saturated heterocycles. The van der Waals surface area contributed by atoms with E-state index in [1.54, 1.807) is 25.1 Å².